The molecule has 0 radical (unpaired) electrons. The molecule has 1 saturated heterocycles. The number of nitrogens with zero attached hydrogens (tertiary/aromatic N) is 2. The quantitative estimate of drug-likeness (QED) is 0.294. The summed E-state index contributed by atoms with van der Waals surface area (Å²) in [6.07, 6.45) is -3.38. The van der Waals surface area contributed by atoms with E-state index in [1.807, 2.05) is 6.07 Å². The third-order valence-electron chi connectivity index (χ3n) is 6.19. The van der Waals surface area contributed by atoms with Gasteiger partial charge in [-0.05, 0) is 42.8 Å². The Bertz CT molecular complexity index is 1520. The number of hydrogen-bond donors (Lipinski definition) is 2. The van der Waals surface area contributed by atoms with Gasteiger partial charge in [0.1, 0.15) is 5.75 Å². The molecule has 5 rings (SSSR count). The number of nitrogens with one attached hydrogen (secondary N) is 2. The maximum atomic E-state index is 12.5. The van der Waals surface area contributed by atoms with Gasteiger partial charge in [-0.25, -0.2) is 9.78 Å². The second kappa shape index (κ2) is 9.26. The Morgan fingerprint density at radius 1 is 1.08 bits per heavy atom. The third kappa shape index (κ3) is 4.61. The number of ether oxygens (including phenoxy) is 3. The van der Waals surface area contributed by atoms with E-state index in [9.17, 15) is 22.8 Å². The SMILES string of the molecule is COc1cc2c(-c3ccc(OC(=O)C(F)(F)F)cc3)nc3n[nH]c(CC4CCC(=O)N4)c3c2cc1OC. The summed E-state index contributed by atoms with van der Waals surface area (Å²) < 4.78 is 53.0. The van der Waals surface area contributed by atoms with Crippen molar-refractivity contribution >= 4 is 33.7 Å². The molecule has 192 valence electrons. The van der Waals surface area contributed by atoms with Crippen LogP contribution in [0.15, 0.2) is 36.4 Å². The molecule has 1 atom stereocenters. The minimum absolute atomic E-state index is 0.00913. The number of rotatable bonds is 6. The number of benzene rings is 2. The molecular formula is C25H21F3N4O5. The van der Waals surface area contributed by atoms with Crippen molar-refractivity contribution in [3.63, 3.8) is 0 Å². The maximum Gasteiger partial charge on any atom is 0.491 e. The highest BCUT2D eigenvalue weighted by molar-refractivity contribution is 6.12. The zero-order valence-electron chi connectivity index (χ0n) is 19.7. The minimum atomic E-state index is -5.10. The average molecular weight is 514 g/mol. The van der Waals surface area contributed by atoms with Gasteiger partial charge >= 0.3 is 12.1 Å². The maximum absolute atomic E-state index is 12.5. The van der Waals surface area contributed by atoms with Crippen molar-refractivity contribution in [3.8, 4) is 28.5 Å². The lowest BCUT2D eigenvalue weighted by Crippen LogP contribution is -2.27. The molecule has 0 bridgehead atoms. The van der Waals surface area contributed by atoms with E-state index in [-0.39, 0.29) is 17.7 Å². The number of hydrogen-bond acceptors (Lipinski definition) is 7. The largest absolute Gasteiger partial charge is 0.493 e. The number of amides is 1. The standard InChI is InChI=1S/C25H21F3N4O5/c1-35-18-10-15-16(11-19(18)36-2)22(12-3-6-14(7-4-12)37-24(34)25(26,27)28)30-23-21(15)17(31-32-23)9-13-5-8-20(33)29-13/h3-4,6-7,10-11,13H,5,8-9H2,1-2H3,(H,29,33)(H,30,31,32). The van der Waals surface area contributed by atoms with Crippen LogP contribution in [0.5, 0.6) is 17.2 Å². The molecule has 0 saturated carbocycles. The lowest BCUT2D eigenvalue weighted by Gasteiger charge is -2.14. The summed E-state index contributed by atoms with van der Waals surface area (Å²) in [4.78, 5) is 27.6. The van der Waals surface area contributed by atoms with Crippen molar-refractivity contribution in [1.29, 1.82) is 0 Å². The highest BCUT2D eigenvalue weighted by Crippen LogP contribution is 2.40. The molecule has 1 unspecified atom stereocenters. The van der Waals surface area contributed by atoms with Crippen LogP contribution >= 0.6 is 0 Å². The van der Waals surface area contributed by atoms with Crippen LogP contribution in [0.25, 0.3) is 33.1 Å². The summed E-state index contributed by atoms with van der Waals surface area (Å²) in [5, 5.41) is 12.6. The van der Waals surface area contributed by atoms with Crippen molar-refractivity contribution in [2.45, 2.75) is 31.5 Å². The lowest BCUT2D eigenvalue weighted by molar-refractivity contribution is -0.189. The Kier molecular flexibility index (Phi) is 6.10. The second-order valence-corrected chi connectivity index (χ2v) is 8.53. The molecule has 2 aromatic heterocycles. The number of pyridine rings is 1. The first kappa shape index (κ1) is 24.3. The molecule has 2 N–H and O–H groups in total. The Balaban J connectivity index is 1.63. The molecule has 2 aromatic carbocycles. The lowest BCUT2D eigenvalue weighted by atomic mass is 9.98. The smallest absolute Gasteiger partial charge is 0.491 e. The zero-order chi connectivity index (χ0) is 26.3. The van der Waals surface area contributed by atoms with Crippen molar-refractivity contribution in [3.05, 3.63) is 42.1 Å². The zero-order valence-corrected chi connectivity index (χ0v) is 19.7. The van der Waals surface area contributed by atoms with E-state index < -0.39 is 12.1 Å². The molecule has 37 heavy (non-hydrogen) atoms. The fraction of sp³-hybridized carbons (Fsp3) is 0.280. The fourth-order valence-electron chi connectivity index (χ4n) is 4.47. The molecule has 1 fully saturated rings. The highest BCUT2D eigenvalue weighted by atomic mass is 19.4. The number of esters is 1. The summed E-state index contributed by atoms with van der Waals surface area (Å²) in [5.41, 5.74) is 2.26. The van der Waals surface area contributed by atoms with Gasteiger partial charge in [-0.15, -0.1) is 0 Å². The Morgan fingerprint density at radius 3 is 2.35 bits per heavy atom. The van der Waals surface area contributed by atoms with E-state index in [4.69, 9.17) is 14.5 Å². The summed E-state index contributed by atoms with van der Waals surface area (Å²) in [7, 11) is 3.03. The first-order valence-electron chi connectivity index (χ1n) is 11.3. The van der Waals surface area contributed by atoms with Gasteiger partial charge in [-0.3, -0.25) is 9.89 Å². The van der Waals surface area contributed by atoms with Gasteiger partial charge in [0, 0.05) is 46.3 Å². The number of methoxy groups -OCH3 is 2. The highest BCUT2D eigenvalue weighted by Gasteiger charge is 2.41. The molecule has 9 nitrogen and oxygen atoms in total. The van der Waals surface area contributed by atoms with E-state index in [1.54, 1.807) is 6.07 Å². The first-order valence-corrected chi connectivity index (χ1v) is 11.3. The van der Waals surface area contributed by atoms with Gasteiger partial charge in [0.2, 0.25) is 5.91 Å². The van der Waals surface area contributed by atoms with Crippen LogP contribution in [0.2, 0.25) is 0 Å². The molecule has 3 heterocycles. The van der Waals surface area contributed by atoms with Gasteiger partial charge in [-0.2, -0.15) is 18.3 Å². The monoisotopic (exact) mass is 514 g/mol. The van der Waals surface area contributed by atoms with E-state index in [1.165, 1.54) is 38.5 Å². The van der Waals surface area contributed by atoms with Crippen LogP contribution in [-0.4, -0.2) is 53.5 Å². The van der Waals surface area contributed by atoms with Crippen molar-refractivity contribution < 1.29 is 37.0 Å². The van der Waals surface area contributed by atoms with Crippen LogP contribution in [-0.2, 0) is 16.0 Å². The minimum Gasteiger partial charge on any atom is -0.493 e. The van der Waals surface area contributed by atoms with Crippen molar-refractivity contribution in [1.82, 2.24) is 20.5 Å². The van der Waals surface area contributed by atoms with Gasteiger partial charge in [0.25, 0.3) is 0 Å². The number of carbonyl (C=O) groups excluding carboxylic acids is 2. The summed E-state index contributed by atoms with van der Waals surface area (Å²) in [5.74, 6) is -1.60. The Hall–Kier alpha value is -4.35. The Labute approximate surface area is 207 Å². The van der Waals surface area contributed by atoms with Crippen molar-refractivity contribution in [2.75, 3.05) is 14.2 Å². The van der Waals surface area contributed by atoms with Gasteiger partial charge in [-0.1, -0.05) is 0 Å². The molecule has 0 spiro atoms. The predicted molar refractivity (Wildman–Crippen MR) is 126 cm³/mol. The topological polar surface area (TPSA) is 115 Å². The van der Waals surface area contributed by atoms with Crippen LogP contribution in [0, 0.1) is 0 Å². The summed E-state index contributed by atoms with van der Waals surface area (Å²) in [6, 6.07) is 9.08. The molecular weight excluding hydrogens is 493 g/mol. The van der Waals surface area contributed by atoms with Crippen LogP contribution in [0.1, 0.15) is 18.5 Å². The van der Waals surface area contributed by atoms with Gasteiger partial charge in [0.15, 0.2) is 17.1 Å². The van der Waals surface area contributed by atoms with Gasteiger partial charge < -0.3 is 19.5 Å². The molecule has 1 aliphatic heterocycles. The van der Waals surface area contributed by atoms with E-state index in [0.717, 1.165) is 16.5 Å². The Morgan fingerprint density at radius 2 is 1.76 bits per heavy atom. The van der Waals surface area contributed by atoms with Crippen molar-refractivity contribution in [2.24, 2.45) is 0 Å². The number of alkyl halides is 3. The van der Waals surface area contributed by atoms with Crippen LogP contribution in [0.3, 0.4) is 0 Å². The molecule has 4 aromatic rings. The molecule has 1 aliphatic rings. The summed E-state index contributed by atoms with van der Waals surface area (Å²) in [6.45, 7) is 0. The molecule has 1 amide bonds. The average Bonchev–Trinajstić information content (AvgIpc) is 3.48. The third-order valence-corrected chi connectivity index (χ3v) is 6.19. The first-order chi connectivity index (χ1) is 17.7. The molecule has 12 heteroatoms. The number of carbonyl (C=O) groups is 2. The van der Waals surface area contributed by atoms with Gasteiger partial charge in [0.05, 0.1) is 19.9 Å². The van der Waals surface area contributed by atoms with E-state index >= 15 is 0 Å². The van der Waals surface area contributed by atoms with Crippen LogP contribution in [0.4, 0.5) is 13.2 Å². The number of aromatic nitrogens is 3. The number of fused-ring (bicyclic) bond motifs is 3. The second-order valence-electron chi connectivity index (χ2n) is 8.53. The normalized spacial score (nSPS) is 15.7. The number of aromatic amines is 1. The van der Waals surface area contributed by atoms with E-state index in [0.29, 0.717) is 53.1 Å². The number of halogens is 3. The van der Waals surface area contributed by atoms with Crippen LogP contribution < -0.4 is 19.5 Å². The number of H-pyrrole nitrogens is 1. The fourth-order valence-corrected chi connectivity index (χ4v) is 4.47. The van der Waals surface area contributed by atoms with E-state index in [2.05, 4.69) is 20.3 Å². The summed E-state index contributed by atoms with van der Waals surface area (Å²) >= 11 is 0. The molecule has 0 aliphatic carbocycles. The predicted octanol–water partition coefficient (Wildman–Crippen LogP) is 4.08.